The summed E-state index contributed by atoms with van der Waals surface area (Å²) >= 11 is 3.45. The minimum absolute atomic E-state index is 0.435. The fourth-order valence-corrected chi connectivity index (χ4v) is 3.04. The summed E-state index contributed by atoms with van der Waals surface area (Å²) in [5, 5.41) is 9.52. The number of ether oxygens (including phenoxy) is 2. The van der Waals surface area contributed by atoms with Crippen molar-refractivity contribution in [2.45, 2.75) is 0 Å². The molecule has 1 N–H and O–H groups in total. The number of halogens is 1. The van der Waals surface area contributed by atoms with Gasteiger partial charge in [0.15, 0.2) is 11.5 Å². The molecule has 0 saturated heterocycles. The van der Waals surface area contributed by atoms with Crippen LogP contribution in [0.15, 0.2) is 40.9 Å². The molecular weight excluding hydrogens is 370 g/mol. The lowest BCUT2D eigenvalue weighted by molar-refractivity contribution is 0.353. The van der Waals surface area contributed by atoms with Gasteiger partial charge in [-0.1, -0.05) is 12.1 Å². The van der Waals surface area contributed by atoms with Crippen molar-refractivity contribution in [3.05, 3.63) is 52.3 Å². The van der Waals surface area contributed by atoms with Gasteiger partial charge >= 0.3 is 0 Å². The first kappa shape index (κ1) is 16.1. The molecule has 0 unspecified atom stereocenters. The first-order valence-electron chi connectivity index (χ1n) is 7.14. The normalized spacial score (nSPS) is 11.3. The maximum atomic E-state index is 9.52. The van der Waals surface area contributed by atoms with Crippen molar-refractivity contribution >= 4 is 38.6 Å². The third-order valence-electron chi connectivity index (χ3n) is 3.53. The largest absolute Gasteiger partial charge is 0.493 e. The van der Waals surface area contributed by atoms with Crippen LogP contribution in [0.4, 0.5) is 0 Å². The molecule has 1 heterocycles. The molecule has 5 nitrogen and oxygen atoms in total. The number of rotatable bonds is 4. The quantitative estimate of drug-likeness (QED) is 0.677. The Morgan fingerprint density at radius 2 is 2.04 bits per heavy atom. The molecule has 3 rings (SSSR count). The van der Waals surface area contributed by atoms with Crippen LogP contribution in [0.2, 0.25) is 0 Å². The van der Waals surface area contributed by atoms with E-state index >= 15 is 0 Å². The molecule has 0 aliphatic rings. The van der Waals surface area contributed by atoms with Gasteiger partial charge in [0.1, 0.15) is 11.9 Å². The summed E-state index contributed by atoms with van der Waals surface area (Å²) < 4.78 is 11.4. The molecule has 0 amide bonds. The highest BCUT2D eigenvalue weighted by Crippen LogP contribution is 2.37. The Balaban J connectivity index is 2.08. The lowest BCUT2D eigenvalue weighted by atomic mass is 10.1. The number of allylic oxidation sites excluding steroid dienone is 1. The predicted molar refractivity (Wildman–Crippen MR) is 96.8 cm³/mol. The maximum absolute atomic E-state index is 9.52. The summed E-state index contributed by atoms with van der Waals surface area (Å²) in [6, 6.07) is 13.5. The van der Waals surface area contributed by atoms with E-state index in [2.05, 4.69) is 32.0 Å². The number of para-hydroxylation sites is 2. The first-order valence-corrected chi connectivity index (χ1v) is 7.94. The Morgan fingerprint density at radius 3 is 2.71 bits per heavy atom. The van der Waals surface area contributed by atoms with Gasteiger partial charge in [-0.2, -0.15) is 5.26 Å². The second-order valence-electron chi connectivity index (χ2n) is 5.01. The Bertz CT molecular complexity index is 937. The van der Waals surface area contributed by atoms with E-state index in [1.54, 1.807) is 20.3 Å². The first-order chi connectivity index (χ1) is 11.7. The average molecular weight is 384 g/mol. The van der Waals surface area contributed by atoms with Gasteiger partial charge in [0.05, 0.1) is 35.3 Å². The van der Waals surface area contributed by atoms with Gasteiger partial charge in [-0.05, 0) is 51.8 Å². The monoisotopic (exact) mass is 383 g/mol. The maximum Gasteiger partial charge on any atom is 0.174 e. The zero-order chi connectivity index (χ0) is 17.1. The van der Waals surface area contributed by atoms with Crippen molar-refractivity contribution in [3.8, 4) is 17.6 Å². The molecular formula is C18H14BrN3O2. The lowest BCUT2D eigenvalue weighted by Gasteiger charge is -2.10. The van der Waals surface area contributed by atoms with Gasteiger partial charge in [-0.3, -0.25) is 0 Å². The molecule has 3 aromatic rings. The fourth-order valence-electron chi connectivity index (χ4n) is 2.42. The van der Waals surface area contributed by atoms with Crippen LogP contribution in [0.1, 0.15) is 11.4 Å². The minimum Gasteiger partial charge on any atom is -0.493 e. The minimum atomic E-state index is 0.435. The molecule has 6 heteroatoms. The Kier molecular flexibility index (Phi) is 4.54. The predicted octanol–water partition coefficient (Wildman–Crippen LogP) is 4.41. The molecule has 0 radical (unpaired) electrons. The van der Waals surface area contributed by atoms with Gasteiger partial charge in [0.2, 0.25) is 0 Å². The summed E-state index contributed by atoms with van der Waals surface area (Å²) in [5.74, 6) is 1.72. The zero-order valence-electron chi connectivity index (χ0n) is 13.1. The number of H-pyrrole nitrogens is 1. The lowest BCUT2D eigenvalue weighted by Crippen LogP contribution is -1.93. The van der Waals surface area contributed by atoms with Crippen molar-refractivity contribution in [2.75, 3.05) is 14.2 Å². The number of nitrogens with zero attached hydrogens (tertiary/aromatic N) is 2. The van der Waals surface area contributed by atoms with Crippen LogP contribution in [0.5, 0.6) is 11.5 Å². The Labute approximate surface area is 147 Å². The second-order valence-corrected chi connectivity index (χ2v) is 5.86. The molecule has 0 atom stereocenters. The smallest absolute Gasteiger partial charge is 0.174 e. The number of methoxy groups -OCH3 is 2. The summed E-state index contributed by atoms with van der Waals surface area (Å²) in [7, 11) is 3.15. The molecule has 2 aromatic carbocycles. The van der Waals surface area contributed by atoms with Crippen LogP contribution < -0.4 is 9.47 Å². The van der Waals surface area contributed by atoms with E-state index in [1.807, 2.05) is 36.4 Å². The van der Waals surface area contributed by atoms with E-state index < -0.39 is 0 Å². The molecule has 0 saturated carbocycles. The highest BCUT2D eigenvalue weighted by Gasteiger charge is 2.12. The Morgan fingerprint density at radius 1 is 1.25 bits per heavy atom. The molecule has 0 aliphatic heterocycles. The molecule has 24 heavy (non-hydrogen) atoms. The SMILES string of the molecule is COc1cc(/C=C(\C#N)c2nc3ccccc3[nH]2)cc(Br)c1OC. The number of aromatic nitrogens is 2. The highest BCUT2D eigenvalue weighted by molar-refractivity contribution is 9.10. The number of fused-ring (bicyclic) bond motifs is 1. The van der Waals surface area contributed by atoms with E-state index in [-0.39, 0.29) is 0 Å². The zero-order valence-corrected chi connectivity index (χ0v) is 14.7. The number of hydrogen-bond acceptors (Lipinski definition) is 4. The number of benzene rings is 2. The van der Waals surface area contributed by atoms with Crippen LogP contribution >= 0.6 is 15.9 Å². The fraction of sp³-hybridized carbons (Fsp3) is 0.111. The van der Waals surface area contributed by atoms with E-state index in [0.717, 1.165) is 21.1 Å². The molecule has 120 valence electrons. The molecule has 1 aromatic heterocycles. The molecule has 0 aliphatic carbocycles. The van der Waals surface area contributed by atoms with Gasteiger partial charge < -0.3 is 14.5 Å². The summed E-state index contributed by atoms with van der Waals surface area (Å²) in [4.78, 5) is 7.63. The van der Waals surface area contributed by atoms with Crippen LogP contribution in [0.25, 0.3) is 22.7 Å². The number of aromatic amines is 1. The van der Waals surface area contributed by atoms with E-state index in [0.29, 0.717) is 22.9 Å². The molecule has 0 bridgehead atoms. The van der Waals surface area contributed by atoms with E-state index in [4.69, 9.17) is 9.47 Å². The number of hydrogen-bond donors (Lipinski definition) is 1. The van der Waals surface area contributed by atoms with Crippen LogP contribution in [-0.2, 0) is 0 Å². The summed E-state index contributed by atoms with van der Waals surface area (Å²) in [5.41, 5.74) is 2.95. The van der Waals surface area contributed by atoms with Gasteiger partial charge in [0.25, 0.3) is 0 Å². The van der Waals surface area contributed by atoms with Crippen molar-refractivity contribution in [1.29, 1.82) is 5.26 Å². The number of imidazole rings is 1. The van der Waals surface area contributed by atoms with Crippen molar-refractivity contribution in [2.24, 2.45) is 0 Å². The number of nitrogens with one attached hydrogen (secondary N) is 1. The topological polar surface area (TPSA) is 70.9 Å². The second kappa shape index (κ2) is 6.77. The van der Waals surface area contributed by atoms with E-state index in [1.165, 1.54) is 0 Å². The summed E-state index contributed by atoms with van der Waals surface area (Å²) in [6.07, 6.45) is 1.75. The van der Waals surface area contributed by atoms with Crippen molar-refractivity contribution in [1.82, 2.24) is 9.97 Å². The third kappa shape index (κ3) is 2.99. The van der Waals surface area contributed by atoms with Crippen LogP contribution in [-0.4, -0.2) is 24.2 Å². The van der Waals surface area contributed by atoms with Crippen molar-refractivity contribution in [3.63, 3.8) is 0 Å². The summed E-state index contributed by atoms with van der Waals surface area (Å²) in [6.45, 7) is 0. The molecule has 0 spiro atoms. The van der Waals surface area contributed by atoms with E-state index in [9.17, 15) is 5.26 Å². The molecule has 0 fully saturated rings. The third-order valence-corrected chi connectivity index (χ3v) is 4.12. The Hall–Kier alpha value is -2.78. The standard InChI is InChI=1S/C18H14BrN3O2/c1-23-16-9-11(8-13(19)17(16)24-2)7-12(10-20)18-21-14-5-3-4-6-15(14)22-18/h3-9H,1-2H3,(H,21,22)/b12-7+. The average Bonchev–Trinajstić information content (AvgIpc) is 3.02. The number of nitriles is 1. The van der Waals surface area contributed by atoms with Gasteiger partial charge in [-0.15, -0.1) is 0 Å². The highest BCUT2D eigenvalue weighted by atomic mass is 79.9. The van der Waals surface area contributed by atoms with Crippen molar-refractivity contribution < 1.29 is 9.47 Å². The van der Waals surface area contributed by atoms with Crippen LogP contribution in [0, 0.1) is 11.3 Å². The van der Waals surface area contributed by atoms with Gasteiger partial charge in [-0.25, -0.2) is 4.98 Å². The van der Waals surface area contributed by atoms with Gasteiger partial charge in [0, 0.05) is 0 Å². The van der Waals surface area contributed by atoms with Crippen LogP contribution in [0.3, 0.4) is 0 Å².